The van der Waals surface area contributed by atoms with Crippen LogP contribution in [0.5, 0.6) is 5.75 Å². The van der Waals surface area contributed by atoms with E-state index in [0.29, 0.717) is 24.4 Å². The molecular formula is C20H23NO5S. The number of carbonyl (C=O) groups is 1. The van der Waals surface area contributed by atoms with Crippen molar-refractivity contribution >= 4 is 16.0 Å². The summed E-state index contributed by atoms with van der Waals surface area (Å²) >= 11 is 0. The molecule has 1 aliphatic heterocycles. The van der Waals surface area contributed by atoms with Gasteiger partial charge in [-0.3, -0.25) is 0 Å². The summed E-state index contributed by atoms with van der Waals surface area (Å²) in [6.45, 7) is 3.12. The van der Waals surface area contributed by atoms with Crippen molar-refractivity contribution in [3.63, 3.8) is 0 Å². The van der Waals surface area contributed by atoms with Crippen molar-refractivity contribution in [1.29, 1.82) is 0 Å². The SMILES string of the molecule is COc1ccc(C)cc1COC(=O)c1ccc(S(=O)(=O)N2CCCC2)cc1. The Kier molecular flexibility index (Phi) is 5.82. The lowest BCUT2D eigenvalue weighted by molar-refractivity contribution is 0.0470. The number of nitrogens with zero attached hydrogens (tertiary/aromatic N) is 1. The van der Waals surface area contributed by atoms with Crippen molar-refractivity contribution in [2.75, 3.05) is 20.2 Å². The molecule has 1 saturated heterocycles. The van der Waals surface area contributed by atoms with Gasteiger partial charge in [0.05, 0.1) is 17.6 Å². The maximum atomic E-state index is 12.5. The molecule has 1 heterocycles. The first kappa shape index (κ1) is 19.4. The van der Waals surface area contributed by atoms with Gasteiger partial charge in [0, 0.05) is 18.7 Å². The molecule has 0 bridgehead atoms. The lowest BCUT2D eigenvalue weighted by atomic mass is 10.1. The lowest BCUT2D eigenvalue weighted by Crippen LogP contribution is -2.27. The highest BCUT2D eigenvalue weighted by Crippen LogP contribution is 2.23. The molecule has 0 amide bonds. The number of carbonyl (C=O) groups excluding carboxylic acids is 1. The van der Waals surface area contributed by atoms with Crippen LogP contribution in [0, 0.1) is 6.92 Å². The van der Waals surface area contributed by atoms with E-state index < -0.39 is 16.0 Å². The van der Waals surface area contributed by atoms with E-state index in [-0.39, 0.29) is 11.5 Å². The fourth-order valence-corrected chi connectivity index (χ4v) is 4.60. The van der Waals surface area contributed by atoms with Crippen LogP contribution in [-0.4, -0.2) is 38.9 Å². The van der Waals surface area contributed by atoms with Gasteiger partial charge in [0.25, 0.3) is 0 Å². The molecule has 0 spiro atoms. The topological polar surface area (TPSA) is 72.9 Å². The Morgan fingerprint density at radius 2 is 1.74 bits per heavy atom. The van der Waals surface area contributed by atoms with E-state index in [9.17, 15) is 13.2 Å². The van der Waals surface area contributed by atoms with E-state index in [4.69, 9.17) is 9.47 Å². The van der Waals surface area contributed by atoms with Crippen LogP contribution in [0.3, 0.4) is 0 Å². The van der Waals surface area contributed by atoms with Crippen LogP contribution < -0.4 is 4.74 Å². The van der Waals surface area contributed by atoms with E-state index in [1.165, 1.54) is 28.6 Å². The summed E-state index contributed by atoms with van der Waals surface area (Å²) in [6, 6.07) is 11.5. The number of rotatable bonds is 6. The number of ether oxygens (including phenoxy) is 2. The van der Waals surface area contributed by atoms with Crippen LogP contribution in [-0.2, 0) is 21.4 Å². The van der Waals surface area contributed by atoms with Crippen LogP contribution >= 0.6 is 0 Å². The molecular weight excluding hydrogens is 366 g/mol. The Labute approximate surface area is 159 Å². The molecule has 0 radical (unpaired) electrons. The Balaban J connectivity index is 1.68. The number of sulfonamides is 1. The molecule has 1 fully saturated rings. The number of esters is 1. The molecule has 0 aliphatic carbocycles. The standard InChI is InChI=1S/C20H23NO5S/c1-15-5-10-19(25-2)17(13-15)14-26-20(22)16-6-8-18(9-7-16)27(23,24)21-11-3-4-12-21/h5-10,13H,3-4,11-12,14H2,1-2H3. The fourth-order valence-electron chi connectivity index (χ4n) is 3.09. The molecule has 0 N–H and O–H groups in total. The second kappa shape index (κ2) is 8.10. The summed E-state index contributed by atoms with van der Waals surface area (Å²) in [5.74, 6) is 0.143. The molecule has 7 heteroatoms. The minimum atomic E-state index is -3.49. The van der Waals surface area contributed by atoms with Gasteiger partial charge in [-0.15, -0.1) is 0 Å². The van der Waals surface area contributed by atoms with Gasteiger partial charge in [0.15, 0.2) is 0 Å². The summed E-state index contributed by atoms with van der Waals surface area (Å²) in [6.07, 6.45) is 1.76. The first-order valence-corrected chi connectivity index (χ1v) is 10.3. The van der Waals surface area contributed by atoms with Crippen LogP contribution in [0.25, 0.3) is 0 Å². The summed E-state index contributed by atoms with van der Waals surface area (Å²) in [7, 11) is -1.92. The van der Waals surface area contributed by atoms with E-state index in [0.717, 1.165) is 24.0 Å². The van der Waals surface area contributed by atoms with Gasteiger partial charge in [-0.05, 0) is 56.2 Å². The quantitative estimate of drug-likeness (QED) is 0.710. The molecule has 144 valence electrons. The van der Waals surface area contributed by atoms with Crippen molar-refractivity contribution in [3.05, 3.63) is 59.2 Å². The van der Waals surface area contributed by atoms with Crippen LogP contribution in [0.2, 0.25) is 0 Å². The highest BCUT2D eigenvalue weighted by molar-refractivity contribution is 7.89. The van der Waals surface area contributed by atoms with Crippen molar-refractivity contribution < 1.29 is 22.7 Å². The summed E-state index contributed by atoms with van der Waals surface area (Å²) in [5.41, 5.74) is 2.12. The van der Waals surface area contributed by atoms with Crippen LogP contribution in [0.15, 0.2) is 47.4 Å². The van der Waals surface area contributed by atoms with E-state index in [1.54, 1.807) is 7.11 Å². The van der Waals surface area contributed by atoms with E-state index in [2.05, 4.69) is 0 Å². The highest BCUT2D eigenvalue weighted by Gasteiger charge is 2.27. The van der Waals surface area contributed by atoms with Crippen molar-refractivity contribution in [2.24, 2.45) is 0 Å². The molecule has 0 unspecified atom stereocenters. The number of methoxy groups -OCH3 is 1. The molecule has 0 saturated carbocycles. The number of aryl methyl sites for hydroxylation is 1. The van der Waals surface area contributed by atoms with Crippen molar-refractivity contribution in [2.45, 2.75) is 31.3 Å². The van der Waals surface area contributed by atoms with Gasteiger partial charge in [0.2, 0.25) is 10.0 Å². The molecule has 0 aromatic heterocycles. The zero-order chi connectivity index (χ0) is 19.4. The van der Waals surface area contributed by atoms with Gasteiger partial charge in [-0.25, -0.2) is 13.2 Å². The smallest absolute Gasteiger partial charge is 0.338 e. The largest absolute Gasteiger partial charge is 0.496 e. The molecule has 2 aromatic carbocycles. The van der Waals surface area contributed by atoms with Gasteiger partial charge < -0.3 is 9.47 Å². The third-order valence-corrected chi connectivity index (χ3v) is 6.50. The van der Waals surface area contributed by atoms with E-state index >= 15 is 0 Å². The fraction of sp³-hybridized carbons (Fsp3) is 0.350. The first-order valence-electron chi connectivity index (χ1n) is 8.82. The van der Waals surface area contributed by atoms with Gasteiger partial charge in [0.1, 0.15) is 12.4 Å². The molecule has 2 aromatic rings. The molecule has 3 rings (SSSR count). The zero-order valence-electron chi connectivity index (χ0n) is 15.5. The normalized spacial score (nSPS) is 14.9. The predicted molar refractivity (Wildman–Crippen MR) is 101 cm³/mol. The second-order valence-electron chi connectivity index (χ2n) is 6.53. The Morgan fingerprint density at radius 1 is 1.07 bits per heavy atom. The van der Waals surface area contributed by atoms with Crippen LogP contribution in [0.1, 0.15) is 34.3 Å². The Morgan fingerprint density at radius 3 is 2.37 bits per heavy atom. The third-order valence-electron chi connectivity index (χ3n) is 4.59. The highest BCUT2D eigenvalue weighted by atomic mass is 32.2. The Bertz CT molecular complexity index is 916. The average Bonchev–Trinajstić information content (AvgIpc) is 3.22. The third kappa shape index (κ3) is 4.31. The predicted octanol–water partition coefficient (Wildman–Crippen LogP) is 3.15. The van der Waals surface area contributed by atoms with Gasteiger partial charge >= 0.3 is 5.97 Å². The summed E-state index contributed by atoms with van der Waals surface area (Å²) < 4.78 is 37.2. The molecule has 6 nitrogen and oxygen atoms in total. The zero-order valence-corrected chi connectivity index (χ0v) is 16.3. The summed E-state index contributed by atoms with van der Waals surface area (Å²) in [5, 5.41) is 0. The van der Waals surface area contributed by atoms with Crippen LogP contribution in [0.4, 0.5) is 0 Å². The van der Waals surface area contributed by atoms with Gasteiger partial charge in [-0.2, -0.15) is 4.31 Å². The second-order valence-corrected chi connectivity index (χ2v) is 8.46. The molecule has 0 atom stereocenters. The van der Waals surface area contributed by atoms with Crippen molar-refractivity contribution in [3.8, 4) is 5.75 Å². The minimum absolute atomic E-state index is 0.0809. The number of benzene rings is 2. The minimum Gasteiger partial charge on any atom is -0.496 e. The molecule has 1 aliphatic rings. The van der Waals surface area contributed by atoms with Crippen molar-refractivity contribution in [1.82, 2.24) is 4.31 Å². The first-order chi connectivity index (χ1) is 12.9. The maximum absolute atomic E-state index is 12.5. The lowest BCUT2D eigenvalue weighted by Gasteiger charge is -2.15. The maximum Gasteiger partial charge on any atom is 0.338 e. The number of hydrogen-bond donors (Lipinski definition) is 0. The van der Waals surface area contributed by atoms with Gasteiger partial charge in [-0.1, -0.05) is 11.6 Å². The Hall–Kier alpha value is -2.38. The average molecular weight is 389 g/mol. The summed E-state index contributed by atoms with van der Waals surface area (Å²) in [4.78, 5) is 12.5. The monoisotopic (exact) mass is 389 g/mol. The molecule has 27 heavy (non-hydrogen) atoms. The van der Waals surface area contributed by atoms with E-state index in [1.807, 2.05) is 25.1 Å². The number of hydrogen-bond acceptors (Lipinski definition) is 5.